The normalized spacial score (nSPS) is 17.0. The van der Waals surface area contributed by atoms with Crippen LogP contribution >= 0.6 is 24.0 Å². The molecule has 0 amide bonds. The van der Waals surface area contributed by atoms with Crippen LogP contribution in [-0.2, 0) is 6.54 Å². The molecule has 1 saturated carbocycles. The maximum Gasteiger partial charge on any atom is 0.191 e. The Hall–Kier alpha value is -0.820. The van der Waals surface area contributed by atoms with Gasteiger partial charge in [-0.3, -0.25) is 0 Å². The number of aliphatic imine (C=N–C) groups is 1. The molecule has 5 heteroatoms. The van der Waals surface area contributed by atoms with Crippen molar-refractivity contribution >= 4 is 29.9 Å². The summed E-state index contributed by atoms with van der Waals surface area (Å²) in [7, 11) is 0. The minimum atomic E-state index is -0.557. The largest absolute Gasteiger partial charge is 0.388 e. The number of nitrogens with zero attached hydrogens (tertiary/aromatic N) is 1. The lowest BCUT2D eigenvalue weighted by molar-refractivity contribution is 0.0522. The summed E-state index contributed by atoms with van der Waals surface area (Å²) in [5.74, 6) is 0.779. The van der Waals surface area contributed by atoms with Gasteiger partial charge < -0.3 is 15.7 Å². The Morgan fingerprint density at radius 3 is 2.55 bits per heavy atom. The standard InChI is InChI=1S/C17H27N3O.HI/c1-3-18-16(20-13-17(21)10-6-7-11-17)19-12-15-9-5-4-8-14(15)2;/h4-5,8-9,21H,3,6-7,10-13H2,1-2H3,(H2,18,19,20);1H. The van der Waals surface area contributed by atoms with Gasteiger partial charge >= 0.3 is 0 Å². The molecular formula is C17H28IN3O. The van der Waals surface area contributed by atoms with E-state index in [1.165, 1.54) is 11.1 Å². The molecule has 1 aromatic rings. The molecule has 0 spiro atoms. The minimum Gasteiger partial charge on any atom is -0.388 e. The van der Waals surface area contributed by atoms with E-state index in [1.54, 1.807) is 0 Å². The quantitative estimate of drug-likeness (QED) is 0.392. The maximum atomic E-state index is 10.4. The van der Waals surface area contributed by atoms with Gasteiger partial charge in [0.1, 0.15) is 0 Å². The van der Waals surface area contributed by atoms with Crippen molar-refractivity contribution in [1.29, 1.82) is 0 Å². The number of hydrogen-bond donors (Lipinski definition) is 3. The van der Waals surface area contributed by atoms with Crippen LogP contribution < -0.4 is 10.6 Å². The van der Waals surface area contributed by atoms with Crippen molar-refractivity contribution in [2.45, 2.75) is 51.7 Å². The number of aryl methyl sites for hydroxylation is 1. The van der Waals surface area contributed by atoms with Crippen LogP contribution in [0.1, 0.15) is 43.7 Å². The van der Waals surface area contributed by atoms with Crippen LogP contribution in [0.2, 0.25) is 0 Å². The van der Waals surface area contributed by atoms with Gasteiger partial charge in [-0.05, 0) is 37.8 Å². The molecule has 1 aliphatic carbocycles. The molecule has 0 aliphatic heterocycles. The van der Waals surface area contributed by atoms with E-state index in [1.807, 2.05) is 12.1 Å². The van der Waals surface area contributed by atoms with Crippen LogP contribution in [0.25, 0.3) is 0 Å². The van der Waals surface area contributed by atoms with Gasteiger partial charge in [0, 0.05) is 13.1 Å². The van der Waals surface area contributed by atoms with Gasteiger partial charge in [0.2, 0.25) is 0 Å². The first-order chi connectivity index (χ1) is 10.1. The summed E-state index contributed by atoms with van der Waals surface area (Å²) in [6.07, 6.45) is 4.01. The van der Waals surface area contributed by atoms with Crippen LogP contribution in [0.4, 0.5) is 0 Å². The third-order valence-electron chi connectivity index (χ3n) is 4.13. The molecule has 2 rings (SSSR count). The van der Waals surface area contributed by atoms with Crippen molar-refractivity contribution in [3.05, 3.63) is 35.4 Å². The summed E-state index contributed by atoms with van der Waals surface area (Å²) < 4.78 is 0. The predicted molar refractivity (Wildman–Crippen MR) is 103 cm³/mol. The van der Waals surface area contributed by atoms with Crippen LogP contribution in [0.15, 0.2) is 29.3 Å². The highest BCUT2D eigenvalue weighted by atomic mass is 127. The van der Waals surface area contributed by atoms with Gasteiger partial charge in [0.15, 0.2) is 5.96 Å². The predicted octanol–water partition coefficient (Wildman–Crippen LogP) is 2.97. The van der Waals surface area contributed by atoms with Gasteiger partial charge in [-0.2, -0.15) is 0 Å². The summed E-state index contributed by atoms with van der Waals surface area (Å²) >= 11 is 0. The molecule has 0 radical (unpaired) electrons. The second-order valence-corrected chi connectivity index (χ2v) is 5.91. The smallest absolute Gasteiger partial charge is 0.191 e. The molecule has 0 heterocycles. The average Bonchev–Trinajstić information content (AvgIpc) is 2.91. The van der Waals surface area contributed by atoms with Gasteiger partial charge in [0.05, 0.1) is 12.1 Å². The van der Waals surface area contributed by atoms with Crippen molar-refractivity contribution in [2.24, 2.45) is 4.99 Å². The first-order valence-electron chi connectivity index (χ1n) is 7.92. The fourth-order valence-corrected chi connectivity index (χ4v) is 2.75. The first-order valence-corrected chi connectivity index (χ1v) is 7.92. The monoisotopic (exact) mass is 417 g/mol. The summed E-state index contributed by atoms with van der Waals surface area (Å²) in [4.78, 5) is 4.62. The van der Waals surface area contributed by atoms with E-state index in [2.05, 4.69) is 41.6 Å². The van der Waals surface area contributed by atoms with Gasteiger partial charge in [-0.1, -0.05) is 37.1 Å². The Morgan fingerprint density at radius 1 is 1.23 bits per heavy atom. The van der Waals surface area contributed by atoms with Crippen molar-refractivity contribution in [3.8, 4) is 0 Å². The molecule has 3 N–H and O–H groups in total. The zero-order valence-electron chi connectivity index (χ0n) is 13.6. The summed E-state index contributed by atoms with van der Waals surface area (Å²) in [6, 6.07) is 8.29. The minimum absolute atomic E-state index is 0. The highest BCUT2D eigenvalue weighted by Gasteiger charge is 2.30. The lowest BCUT2D eigenvalue weighted by Crippen LogP contribution is -2.46. The molecule has 0 bridgehead atoms. The van der Waals surface area contributed by atoms with Crippen molar-refractivity contribution in [1.82, 2.24) is 10.6 Å². The Balaban J connectivity index is 0.00000242. The second-order valence-electron chi connectivity index (χ2n) is 5.91. The van der Waals surface area contributed by atoms with E-state index in [9.17, 15) is 5.11 Å². The van der Waals surface area contributed by atoms with E-state index >= 15 is 0 Å². The SMILES string of the molecule is CCNC(=NCc1ccccc1C)NCC1(O)CCCC1.I. The number of nitrogens with one attached hydrogen (secondary N) is 2. The number of benzene rings is 1. The van der Waals surface area contributed by atoms with Crippen LogP contribution in [-0.4, -0.2) is 29.8 Å². The summed E-state index contributed by atoms with van der Waals surface area (Å²) in [6.45, 7) is 6.20. The molecule has 1 fully saturated rings. The molecule has 22 heavy (non-hydrogen) atoms. The zero-order chi connectivity index (χ0) is 15.1. The van der Waals surface area contributed by atoms with E-state index in [4.69, 9.17) is 0 Å². The molecule has 124 valence electrons. The van der Waals surface area contributed by atoms with E-state index in [-0.39, 0.29) is 24.0 Å². The van der Waals surface area contributed by atoms with E-state index in [0.29, 0.717) is 13.1 Å². The average molecular weight is 417 g/mol. The number of hydrogen-bond acceptors (Lipinski definition) is 2. The number of aliphatic hydroxyl groups is 1. The Bertz CT molecular complexity index is 485. The molecule has 0 saturated heterocycles. The molecule has 0 unspecified atom stereocenters. The van der Waals surface area contributed by atoms with Crippen molar-refractivity contribution in [2.75, 3.05) is 13.1 Å². The lowest BCUT2D eigenvalue weighted by Gasteiger charge is -2.23. The lowest BCUT2D eigenvalue weighted by atomic mass is 10.0. The summed E-state index contributed by atoms with van der Waals surface area (Å²) in [5, 5.41) is 16.9. The molecule has 0 aromatic heterocycles. The fourth-order valence-electron chi connectivity index (χ4n) is 2.75. The topological polar surface area (TPSA) is 56.7 Å². The molecule has 1 aromatic carbocycles. The number of rotatable bonds is 5. The van der Waals surface area contributed by atoms with Crippen molar-refractivity contribution < 1.29 is 5.11 Å². The summed E-state index contributed by atoms with van der Waals surface area (Å²) in [5.41, 5.74) is 1.93. The Kier molecular flexibility index (Phi) is 8.17. The number of halogens is 1. The fraction of sp³-hybridized carbons (Fsp3) is 0.588. The van der Waals surface area contributed by atoms with E-state index in [0.717, 1.165) is 38.2 Å². The molecule has 4 nitrogen and oxygen atoms in total. The highest BCUT2D eigenvalue weighted by Crippen LogP contribution is 2.28. The second kappa shape index (κ2) is 9.35. The van der Waals surface area contributed by atoms with Gasteiger partial charge in [-0.25, -0.2) is 4.99 Å². The number of guanidine groups is 1. The zero-order valence-corrected chi connectivity index (χ0v) is 15.9. The third kappa shape index (κ3) is 5.76. The van der Waals surface area contributed by atoms with Crippen molar-refractivity contribution in [3.63, 3.8) is 0 Å². The first kappa shape index (κ1) is 19.2. The van der Waals surface area contributed by atoms with Gasteiger partial charge in [0.25, 0.3) is 0 Å². The Labute approximate surface area is 150 Å². The van der Waals surface area contributed by atoms with Crippen LogP contribution in [0.5, 0.6) is 0 Å². The van der Waals surface area contributed by atoms with Gasteiger partial charge in [-0.15, -0.1) is 24.0 Å². The van der Waals surface area contributed by atoms with E-state index < -0.39 is 5.60 Å². The van der Waals surface area contributed by atoms with Crippen LogP contribution in [0.3, 0.4) is 0 Å². The molecule has 0 atom stereocenters. The third-order valence-corrected chi connectivity index (χ3v) is 4.13. The Morgan fingerprint density at radius 2 is 1.91 bits per heavy atom. The maximum absolute atomic E-state index is 10.4. The molecular weight excluding hydrogens is 389 g/mol. The molecule has 1 aliphatic rings. The highest BCUT2D eigenvalue weighted by molar-refractivity contribution is 14.0. The van der Waals surface area contributed by atoms with Crippen LogP contribution in [0, 0.1) is 6.92 Å².